The van der Waals surface area contributed by atoms with E-state index in [1.165, 1.54) is 24.4 Å². The van der Waals surface area contributed by atoms with E-state index >= 15 is 0 Å². The topological polar surface area (TPSA) is 42.9 Å². The van der Waals surface area contributed by atoms with E-state index < -0.39 is 12.5 Å². The molecule has 0 bridgehead atoms. The van der Waals surface area contributed by atoms with E-state index in [1.807, 2.05) is 25.1 Å². The molecule has 150 valence electrons. The SMILES string of the molecule is CCC(ON=Cc1cccc(OC(F)(F)F)c1)C(=S)NCc1ccccc1Cl. The number of hydrogen-bond acceptors (Lipinski definition) is 4. The Kier molecular flexibility index (Phi) is 8.07. The Labute approximate surface area is 171 Å². The molecule has 2 aromatic carbocycles. The molecule has 0 aliphatic heterocycles. The molecule has 9 heteroatoms. The Balaban J connectivity index is 1.91. The van der Waals surface area contributed by atoms with Gasteiger partial charge in [-0.25, -0.2) is 0 Å². The quantitative estimate of drug-likeness (QED) is 0.342. The summed E-state index contributed by atoms with van der Waals surface area (Å²) in [5.41, 5.74) is 1.29. The molecule has 0 spiro atoms. The molecule has 1 atom stereocenters. The van der Waals surface area contributed by atoms with Crippen molar-refractivity contribution in [2.24, 2.45) is 5.16 Å². The molecule has 0 saturated carbocycles. The predicted molar refractivity (Wildman–Crippen MR) is 107 cm³/mol. The van der Waals surface area contributed by atoms with Crippen LogP contribution in [0.15, 0.2) is 53.7 Å². The Morgan fingerprint density at radius 2 is 2.00 bits per heavy atom. The molecule has 1 unspecified atom stereocenters. The van der Waals surface area contributed by atoms with Crippen molar-refractivity contribution in [1.29, 1.82) is 0 Å². The lowest BCUT2D eigenvalue weighted by Crippen LogP contribution is -2.33. The Morgan fingerprint density at radius 3 is 2.68 bits per heavy atom. The van der Waals surface area contributed by atoms with Gasteiger partial charge in [0.05, 0.1) is 6.21 Å². The third-order valence-corrected chi connectivity index (χ3v) is 4.33. The van der Waals surface area contributed by atoms with Crippen LogP contribution in [-0.4, -0.2) is 23.7 Å². The molecule has 4 nitrogen and oxygen atoms in total. The van der Waals surface area contributed by atoms with Crippen molar-refractivity contribution in [3.05, 3.63) is 64.7 Å². The standard InChI is InChI=1S/C19H18ClF3N2O2S/c1-2-17(18(28)24-12-14-7-3-4-9-16(14)20)27-25-11-13-6-5-8-15(10-13)26-19(21,22)23/h3-11,17H,2,12H2,1H3,(H,24,28). The van der Waals surface area contributed by atoms with Crippen LogP contribution in [0.2, 0.25) is 5.02 Å². The van der Waals surface area contributed by atoms with Crippen LogP contribution in [0.25, 0.3) is 0 Å². The van der Waals surface area contributed by atoms with E-state index in [9.17, 15) is 13.2 Å². The summed E-state index contributed by atoms with van der Waals surface area (Å²) in [5, 5.41) is 7.54. The van der Waals surface area contributed by atoms with Gasteiger partial charge in [-0.05, 0) is 35.7 Å². The van der Waals surface area contributed by atoms with Crippen molar-refractivity contribution < 1.29 is 22.7 Å². The second-order valence-electron chi connectivity index (χ2n) is 5.67. The lowest BCUT2D eigenvalue weighted by molar-refractivity contribution is -0.274. The van der Waals surface area contributed by atoms with Crippen LogP contribution in [0.4, 0.5) is 13.2 Å². The van der Waals surface area contributed by atoms with Crippen molar-refractivity contribution >= 4 is 35.0 Å². The Morgan fingerprint density at radius 1 is 1.25 bits per heavy atom. The maximum atomic E-state index is 12.3. The number of ether oxygens (including phenoxy) is 1. The molecule has 2 rings (SSSR count). The summed E-state index contributed by atoms with van der Waals surface area (Å²) >= 11 is 11.4. The summed E-state index contributed by atoms with van der Waals surface area (Å²) in [6, 6.07) is 12.8. The fraction of sp³-hybridized carbons (Fsp3) is 0.263. The highest BCUT2D eigenvalue weighted by atomic mass is 35.5. The summed E-state index contributed by atoms with van der Waals surface area (Å²) in [7, 11) is 0. The highest BCUT2D eigenvalue weighted by molar-refractivity contribution is 7.80. The minimum atomic E-state index is -4.75. The summed E-state index contributed by atoms with van der Waals surface area (Å²) < 4.78 is 40.7. The van der Waals surface area contributed by atoms with E-state index in [2.05, 4.69) is 15.2 Å². The highest BCUT2D eigenvalue weighted by Gasteiger charge is 2.31. The van der Waals surface area contributed by atoms with Crippen molar-refractivity contribution in [3.63, 3.8) is 0 Å². The van der Waals surface area contributed by atoms with Crippen LogP contribution in [0.5, 0.6) is 5.75 Å². The zero-order chi connectivity index (χ0) is 20.6. The van der Waals surface area contributed by atoms with Gasteiger partial charge in [-0.15, -0.1) is 13.2 Å². The van der Waals surface area contributed by atoms with E-state index in [1.54, 1.807) is 12.1 Å². The number of hydrogen-bond donors (Lipinski definition) is 1. The van der Waals surface area contributed by atoms with Gasteiger partial charge in [0.15, 0.2) is 6.10 Å². The maximum Gasteiger partial charge on any atom is 0.573 e. The predicted octanol–water partition coefficient (Wildman–Crippen LogP) is 5.48. The fourth-order valence-corrected chi connectivity index (χ4v) is 2.69. The average Bonchev–Trinajstić information content (AvgIpc) is 2.63. The first kappa shape index (κ1) is 22.0. The normalized spacial score (nSPS) is 12.6. The van der Waals surface area contributed by atoms with Crippen molar-refractivity contribution in [2.75, 3.05) is 0 Å². The molecular formula is C19H18ClF3N2O2S. The molecule has 0 aliphatic rings. The zero-order valence-electron chi connectivity index (χ0n) is 14.9. The van der Waals surface area contributed by atoms with Crippen LogP contribution in [0.1, 0.15) is 24.5 Å². The van der Waals surface area contributed by atoms with Gasteiger partial charge >= 0.3 is 6.36 Å². The monoisotopic (exact) mass is 430 g/mol. The van der Waals surface area contributed by atoms with Gasteiger partial charge in [0.2, 0.25) is 0 Å². The van der Waals surface area contributed by atoms with Gasteiger partial charge in [0.1, 0.15) is 10.7 Å². The molecule has 0 aliphatic carbocycles. The van der Waals surface area contributed by atoms with Gasteiger partial charge in [-0.3, -0.25) is 0 Å². The van der Waals surface area contributed by atoms with Crippen molar-refractivity contribution in [3.8, 4) is 5.75 Å². The first-order chi connectivity index (χ1) is 13.3. The number of alkyl halides is 3. The van der Waals surface area contributed by atoms with Crippen LogP contribution >= 0.6 is 23.8 Å². The summed E-state index contributed by atoms with van der Waals surface area (Å²) in [6.45, 7) is 2.32. The Bertz CT molecular complexity index is 831. The van der Waals surface area contributed by atoms with Crippen LogP contribution < -0.4 is 10.1 Å². The molecule has 0 amide bonds. The number of benzene rings is 2. The Hall–Kier alpha value is -2.32. The smallest absolute Gasteiger partial charge is 0.406 e. The largest absolute Gasteiger partial charge is 0.573 e. The van der Waals surface area contributed by atoms with E-state index in [-0.39, 0.29) is 5.75 Å². The van der Waals surface area contributed by atoms with Gasteiger partial charge in [0.25, 0.3) is 0 Å². The molecule has 28 heavy (non-hydrogen) atoms. The summed E-state index contributed by atoms with van der Waals surface area (Å²) in [5.74, 6) is -0.333. The molecule has 0 radical (unpaired) electrons. The lowest BCUT2D eigenvalue weighted by atomic mass is 10.2. The first-order valence-corrected chi connectivity index (χ1v) is 9.13. The van der Waals surface area contributed by atoms with E-state index in [4.69, 9.17) is 28.7 Å². The van der Waals surface area contributed by atoms with Gasteiger partial charge in [-0.1, -0.05) is 66.2 Å². The molecule has 0 saturated heterocycles. The average molecular weight is 431 g/mol. The van der Waals surface area contributed by atoms with E-state index in [0.717, 1.165) is 5.56 Å². The minimum absolute atomic E-state index is 0.333. The minimum Gasteiger partial charge on any atom is -0.406 e. The van der Waals surface area contributed by atoms with Crippen LogP contribution in [0.3, 0.4) is 0 Å². The molecule has 2 aromatic rings. The third-order valence-electron chi connectivity index (χ3n) is 3.56. The number of halogens is 4. The third kappa shape index (κ3) is 7.36. The van der Waals surface area contributed by atoms with Gasteiger partial charge in [-0.2, -0.15) is 0 Å². The molecular weight excluding hydrogens is 413 g/mol. The lowest BCUT2D eigenvalue weighted by Gasteiger charge is -2.16. The maximum absolute atomic E-state index is 12.3. The number of thiocarbonyl (C=S) groups is 1. The van der Waals surface area contributed by atoms with E-state index in [0.29, 0.717) is 28.5 Å². The molecule has 0 heterocycles. The summed E-state index contributed by atoms with van der Waals surface area (Å²) in [4.78, 5) is 5.84. The number of nitrogens with zero attached hydrogens (tertiary/aromatic N) is 1. The van der Waals surface area contributed by atoms with Crippen LogP contribution in [-0.2, 0) is 11.4 Å². The van der Waals surface area contributed by atoms with Gasteiger partial charge < -0.3 is 14.9 Å². The number of rotatable bonds is 8. The van der Waals surface area contributed by atoms with Crippen molar-refractivity contribution in [2.45, 2.75) is 32.4 Å². The zero-order valence-corrected chi connectivity index (χ0v) is 16.4. The summed E-state index contributed by atoms with van der Waals surface area (Å²) in [6.07, 6.45) is -3.38. The van der Waals surface area contributed by atoms with Crippen LogP contribution in [0, 0.1) is 0 Å². The fourth-order valence-electron chi connectivity index (χ4n) is 2.20. The molecule has 1 N–H and O–H groups in total. The van der Waals surface area contributed by atoms with Crippen molar-refractivity contribution in [1.82, 2.24) is 5.32 Å². The molecule has 0 aromatic heterocycles. The highest BCUT2D eigenvalue weighted by Crippen LogP contribution is 2.23. The second-order valence-corrected chi connectivity index (χ2v) is 6.51. The molecule has 0 fully saturated rings. The first-order valence-electron chi connectivity index (χ1n) is 8.34. The second kappa shape index (κ2) is 10.3. The van der Waals surface area contributed by atoms with Gasteiger partial charge in [0, 0.05) is 11.6 Å². The number of nitrogens with one attached hydrogen (secondary N) is 1. The number of oxime groups is 1.